The van der Waals surface area contributed by atoms with Crippen LogP contribution in [0.1, 0.15) is 19.8 Å². The predicted octanol–water partition coefficient (Wildman–Crippen LogP) is 2.12. The van der Waals surface area contributed by atoms with Gasteiger partial charge in [-0.3, -0.25) is 0 Å². The van der Waals surface area contributed by atoms with Gasteiger partial charge in [-0.25, -0.2) is 0 Å². The molecule has 0 atom stereocenters. The maximum Gasteiger partial charge on any atom is 0.0161 e. The molecule has 0 aliphatic heterocycles. The van der Waals surface area contributed by atoms with Crippen molar-refractivity contribution in [2.75, 3.05) is 13.1 Å². The third kappa shape index (κ3) is 5.57. The van der Waals surface area contributed by atoms with Gasteiger partial charge in [-0.2, -0.15) is 0 Å². The van der Waals surface area contributed by atoms with Crippen LogP contribution in [0.2, 0.25) is 0 Å². The SMILES string of the molecule is C=CCCNCC(=C)CC. The lowest BCUT2D eigenvalue weighted by Gasteiger charge is -2.02. The third-order valence-corrected chi connectivity index (χ3v) is 1.40. The molecule has 0 aliphatic carbocycles. The third-order valence-electron chi connectivity index (χ3n) is 1.40. The van der Waals surface area contributed by atoms with Crippen LogP contribution < -0.4 is 5.32 Å². The van der Waals surface area contributed by atoms with Crippen molar-refractivity contribution in [2.24, 2.45) is 0 Å². The van der Waals surface area contributed by atoms with Crippen molar-refractivity contribution in [3.63, 3.8) is 0 Å². The molecule has 0 saturated heterocycles. The van der Waals surface area contributed by atoms with Crippen LogP contribution >= 0.6 is 0 Å². The highest BCUT2D eigenvalue weighted by Crippen LogP contribution is 1.92. The summed E-state index contributed by atoms with van der Waals surface area (Å²) in [7, 11) is 0. The number of nitrogens with one attached hydrogen (secondary N) is 1. The molecule has 0 fully saturated rings. The summed E-state index contributed by atoms with van der Waals surface area (Å²) in [6, 6.07) is 0. The zero-order valence-electron chi connectivity index (χ0n) is 6.82. The van der Waals surface area contributed by atoms with Crippen LogP contribution in [0.25, 0.3) is 0 Å². The smallest absolute Gasteiger partial charge is 0.0161 e. The largest absolute Gasteiger partial charge is 0.313 e. The van der Waals surface area contributed by atoms with E-state index in [1.165, 1.54) is 5.57 Å². The normalized spacial score (nSPS) is 9.30. The van der Waals surface area contributed by atoms with Crippen LogP contribution in [0.5, 0.6) is 0 Å². The van der Waals surface area contributed by atoms with E-state index in [1.807, 2.05) is 6.08 Å². The molecule has 1 nitrogen and oxygen atoms in total. The first-order chi connectivity index (χ1) is 4.81. The van der Waals surface area contributed by atoms with Gasteiger partial charge in [0.05, 0.1) is 0 Å². The van der Waals surface area contributed by atoms with Crippen LogP contribution in [0, 0.1) is 0 Å². The molecule has 0 spiro atoms. The van der Waals surface area contributed by atoms with Crippen molar-refractivity contribution in [2.45, 2.75) is 19.8 Å². The fraction of sp³-hybridized carbons (Fsp3) is 0.556. The molecule has 0 aromatic rings. The van der Waals surface area contributed by atoms with E-state index in [0.717, 1.165) is 25.9 Å². The first-order valence-corrected chi connectivity index (χ1v) is 3.79. The second-order valence-electron chi connectivity index (χ2n) is 2.36. The molecule has 0 amide bonds. The van der Waals surface area contributed by atoms with Gasteiger partial charge in [0.15, 0.2) is 0 Å². The highest BCUT2D eigenvalue weighted by Gasteiger charge is 1.87. The van der Waals surface area contributed by atoms with Crippen molar-refractivity contribution in [3.8, 4) is 0 Å². The van der Waals surface area contributed by atoms with Crippen LogP contribution in [0.4, 0.5) is 0 Å². The maximum atomic E-state index is 3.88. The molecule has 0 radical (unpaired) electrons. The predicted molar refractivity (Wildman–Crippen MR) is 47.1 cm³/mol. The summed E-state index contributed by atoms with van der Waals surface area (Å²) in [6.07, 6.45) is 4.03. The summed E-state index contributed by atoms with van der Waals surface area (Å²) in [5.41, 5.74) is 1.27. The van der Waals surface area contributed by atoms with Gasteiger partial charge in [-0.05, 0) is 19.4 Å². The van der Waals surface area contributed by atoms with E-state index in [0.29, 0.717) is 0 Å². The molecule has 58 valence electrons. The van der Waals surface area contributed by atoms with E-state index in [1.54, 1.807) is 0 Å². The van der Waals surface area contributed by atoms with Gasteiger partial charge in [0.2, 0.25) is 0 Å². The first kappa shape index (κ1) is 9.44. The molecule has 0 heterocycles. The van der Waals surface area contributed by atoms with Crippen LogP contribution in [0.15, 0.2) is 24.8 Å². The molecular formula is C9H17N. The van der Waals surface area contributed by atoms with Crippen LogP contribution in [-0.4, -0.2) is 13.1 Å². The zero-order chi connectivity index (χ0) is 7.82. The number of hydrogen-bond donors (Lipinski definition) is 1. The standard InChI is InChI=1S/C9H17N/c1-4-6-7-10-8-9(3)5-2/h4,10H,1,3,5-8H2,2H3. The molecule has 0 rings (SSSR count). The Morgan fingerprint density at radius 3 is 2.80 bits per heavy atom. The number of rotatable bonds is 6. The van der Waals surface area contributed by atoms with Gasteiger partial charge in [-0.15, -0.1) is 6.58 Å². The van der Waals surface area contributed by atoms with Crippen molar-refractivity contribution >= 4 is 0 Å². The van der Waals surface area contributed by atoms with Gasteiger partial charge >= 0.3 is 0 Å². The van der Waals surface area contributed by atoms with Crippen molar-refractivity contribution in [1.29, 1.82) is 0 Å². The Hall–Kier alpha value is -0.560. The summed E-state index contributed by atoms with van der Waals surface area (Å²) in [4.78, 5) is 0. The Balaban J connectivity index is 3.03. The van der Waals surface area contributed by atoms with E-state index in [9.17, 15) is 0 Å². The molecule has 0 unspecified atom stereocenters. The fourth-order valence-electron chi connectivity index (χ4n) is 0.594. The summed E-state index contributed by atoms with van der Waals surface area (Å²) < 4.78 is 0. The van der Waals surface area contributed by atoms with E-state index in [2.05, 4.69) is 25.4 Å². The van der Waals surface area contributed by atoms with Gasteiger partial charge < -0.3 is 5.32 Å². The van der Waals surface area contributed by atoms with E-state index >= 15 is 0 Å². The molecule has 0 aromatic heterocycles. The molecule has 10 heavy (non-hydrogen) atoms. The minimum absolute atomic E-state index is 0.949. The van der Waals surface area contributed by atoms with Gasteiger partial charge in [0, 0.05) is 6.54 Å². The van der Waals surface area contributed by atoms with E-state index in [4.69, 9.17) is 0 Å². The van der Waals surface area contributed by atoms with Crippen molar-refractivity contribution < 1.29 is 0 Å². The Kier molecular flexibility index (Phi) is 6.19. The minimum atomic E-state index is 0.949. The topological polar surface area (TPSA) is 12.0 Å². The summed E-state index contributed by atoms with van der Waals surface area (Å²) in [5.74, 6) is 0. The maximum absolute atomic E-state index is 3.88. The monoisotopic (exact) mass is 139 g/mol. The first-order valence-electron chi connectivity index (χ1n) is 3.79. The molecular weight excluding hydrogens is 122 g/mol. The second kappa shape index (κ2) is 6.56. The van der Waals surface area contributed by atoms with Crippen LogP contribution in [-0.2, 0) is 0 Å². The quantitative estimate of drug-likeness (QED) is 0.439. The molecule has 0 bridgehead atoms. The molecule has 0 aromatic carbocycles. The van der Waals surface area contributed by atoms with Gasteiger partial charge in [-0.1, -0.05) is 25.2 Å². The molecule has 1 N–H and O–H groups in total. The Labute approximate surface area is 63.8 Å². The molecule has 0 aliphatic rings. The van der Waals surface area contributed by atoms with Crippen LogP contribution in [0.3, 0.4) is 0 Å². The van der Waals surface area contributed by atoms with Gasteiger partial charge in [0.25, 0.3) is 0 Å². The average Bonchev–Trinajstić information content (AvgIpc) is 1.98. The van der Waals surface area contributed by atoms with Gasteiger partial charge in [0.1, 0.15) is 0 Å². The number of hydrogen-bond acceptors (Lipinski definition) is 1. The van der Waals surface area contributed by atoms with E-state index in [-0.39, 0.29) is 0 Å². The molecule has 0 saturated carbocycles. The fourth-order valence-corrected chi connectivity index (χ4v) is 0.594. The lowest BCUT2D eigenvalue weighted by atomic mass is 10.2. The summed E-state index contributed by atoms with van der Waals surface area (Å²) >= 11 is 0. The average molecular weight is 139 g/mol. The Morgan fingerprint density at radius 2 is 2.30 bits per heavy atom. The molecule has 1 heteroatoms. The second-order valence-corrected chi connectivity index (χ2v) is 2.36. The summed E-state index contributed by atoms with van der Waals surface area (Å²) in [6.45, 7) is 11.6. The van der Waals surface area contributed by atoms with Crippen molar-refractivity contribution in [3.05, 3.63) is 24.8 Å². The lowest BCUT2D eigenvalue weighted by molar-refractivity contribution is 0.727. The van der Waals surface area contributed by atoms with E-state index < -0.39 is 0 Å². The highest BCUT2D eigenvalue weighted by molar-refractivity contribution is 4.94. The van der Waals surface area contributed by atoms with Crippen molar-refractivity contribution in [1.82, 2.24) is 5.32 Å². The Bertz CT molecular complexity index is 105. The Morgan fingerprint density at radius 1 is 1.60 bits per heavy atom. The highest BCUT2D eigenvalue weighted by atomic mass is 14.8. The minimum Gasteiger partial charge on any atom is -0.313 e. The zero-order valence-corrected chi connectivity index (χ0v) is 6.82. The summed E-state index contributed by atoms with van der Waals surface area (Å²) in [5, 5.41) is 3.27. The lowest BCUT2D eigenvalue weighted by Crippen LogP contribution is -2.17.